The van der Waals surface area contributed by atoms with Gasteiger partial charge in [0.05, 0.1) is 16.5 Å². The molecule has 0 amide bonds. The zero-order valence-corrected chi connectivity index (χ0v) is 17.5. The van der Waals surface area contributed by atoms with Gasteiger partial charge in [0.1, 0.15) is 0 Å². The molecule has 0 fully saturated rings. The van der Waals surface area contributed by atoms with Gasteiger partial charge in [0.15, 0.2) is 16.1 Å². The van der Waals surface area contributed by atoms with Gasteiger partial charge in [0, 0.05) is 29.3 Å². The Balaban J connectivity index is 1.91. The van der Waals surface area contributed by atoms with Crippen molar-refractivity contribution in [1.82, 2.24) is 4.57 Å². The Morgan fingerprint density at radius 2 is 1.87 bits per heavy atom. The zero-order valence-electron chi connectivity index (χ0n) is 16.7. The van der Waals surface area contributed by atoms with Crippen molar-refractivity contribution in [2.75, 3.05) is 6.26 Å². The number of nitrogens with zero attached hydrogens (tertiary/aromatic N) is 1. The summed E-state index contributed by atoms with van der Waals surface area (Å²) in [5, 5.41) is 20.5. The zero-order chi connectivity index (χ0) is 22.6. The van der Waals surface area contributed by atoms with Crippen molar-refractivity contribution in [3.05, 3.63) is 64.8 Å². The molecule has 1 unspecified atom stereocenters. The first-order chi connectivity index (χ1) is 14.5. The third-order valence-corrected chi connectivity index (χ3v) is 7.01. The number of sulfone groups is 1. The molecule has 0 saturated carbocycles. The number of hydrogen-bond donors (Lipinski definition) is 2. The molecule has 166 valence electrons. The van der Waals surface area contributed by atoms with Crippen LogP contribution in [-0.4, -0.2) is 35.7 Å². The van der Waals surface area contributed by atoms with E-state index in [1.807, 2.05) is 16.7 Å². The lowest BCUT2D eigenvalue weighted by Gasteiger charge is -2.29. The van der Waals surface area contributed by atoms with Gasteiger partial charge in [-0.15, -0.1) is 0 Å². The van der Waals surface area contributed by atoms with E-state index >= 15 is 0 Å². The Labute approximate surface area is 177 Å². The van der Waals surface area contributed by atoms with E-state index in [4.69, 9.17) is 0 Å². The first-order valence-corrected chi connectivity index (χ1v) is 11.7. The van der Waals surface area contributed by atoms with E-state index in [9.17, 15) is 31.8 Å². The van der Waals surface area contributed by atoms with E-state index in [0.29, 0.717) is 30.9 Å². The molecule has 3 aromatic rings. The van der Waals surface area contributed by atoms with Gasteiger partial charge in [-0.05, 0) is 48.6 Å². The molecule has 0 aliphatic carbocycles. The van der Waals surface area contributed by atoms with Crippen LogP contribution in [0, 0.1) is 0 Å². The molecule has 2 aromatic carbocycles. The minimum absolute atomic E-state index is 0.0225. The predicted molar refractivity (Wildman–Crippen MR) is 109 cm³/mol. The normalized spacial score (nSPS) is 17.3. The molecule has 0 radical (unpaired) electrons. The number of fused-ring (bicyclic) bond motifs is 3. The molecule has 31 heavy (non-hydrogen) atoms. The number of benzene rings is 2. The monoisotopic (exact) mass is 453 g/mol. The molecule has 1 aromatic heterocycles. The predicted octanol–water partition coefficient (Wildman–Crippen LogP) is 3.84. The molecule has 0 spiro atoms. The highest BCUT2D eigenvalue weighted by atomic mass is 32.2. The number of para-hydroxylation sites is 1. The van der Waals surface area contributed by atoms with E-state index in [-0.39, 0.29) is 16.9 Å². The highest BCUT2D eigenvalue weighted by Crippen LogP contribution is 2.40. The van der Waals surface area contributed by atoms with E-state index in [0.717, 1.165) is 22.9 Å². The number of hydrogen-bond acceptors (Lipinski definition) is 4. The number of aliphatic hydroxyl groups excluding tert-OH is 1. The topological polar surface area (TPSA) is 79.5 Å². The largest absolute Gasteiger partial charge is 0.416 e. The molecule has 2 heterocycles. The van der Waals surface area contributed by atoms with E-state index in [2.05, 4.69) is 0 Å². The summed E-state index contributed by atoms with van der Waals surface area (Å²) in [5.41, 5.74) is 1.22. The number of halogens is 3. The molecule has 5 nitrogen and oxygen atoms in total. The molecule has 1 aliphatic heterocycles. The van der Waals surface area contributed by atoms with Crippen molar-refractivity contribution in [3.63, 3.8) is 0 Å². The van der Waals surface area contributed by atoms with Crippen LogP contribution >= 0.6 is 0 Å². The third kappa shape index (κ3) is 3.97. The lowest BCUT2D eigenvalue weighted by atomic mass is 9.94. The molecule has 9 heteroatoms. The highest BCUT2D eigenvalue weighted by molar-refractivity contribution is 7.90. The van der Waals surface area contributed by atoms with Crippen LogP contribution in [0.1, 0.15) is 41.3 Å². The Morgan fingerprint density at radius 1 is 1.16 bits per heavy atom. The fourth-order valence-corrected chi connectivity index (χ4v) is 5.16. The van der Waals surface area contributed by atoms with Gasteiger partial charge in [0.2, 0.25) is 0 Å². The Hall–Kier alpha value is -2.36. The minimum atomic E-state index is -4.71. The summed E-state index contributed by atoms with van der Waals surface area (Å²) in [4.78, 5) is -0.379. The highest BCUT2D eigenvalue weighted by Gasteiger charge is 2.36. The van der Waals surface area contributed by atoms with Crippen molar-refractivity contribution in [2.24, 2.45) is 0 Å². The average molecular weight is 453 g/mol. The van der Waals surface area contributed by atoms with Gasteiger partial charge in [-0.25, -0.2) is 8.42 Å². The van der Waals surface area contributed by atoms with Crippen LogP contribution in [0.4, 0.5) is 13.2 Å². The smallest absolute Gasteiger partial charge is 0.366 e. The van der Waals surface area contributed by atoms with E-state index in [1.54, 1.807) is 12.1 Å². The van der Waals surface area contributed by atoms with Gasteiger partial charge >= 0.3 is 6.18 Å². The van der Waals surface area contributed by atoms with Crippen LogP contribution in [0.2, 0.25) is 0 Å². The Bertz CT molecular complexity index is 1250. The quantitative estimate of drug-likeness (QED) is 0.589. The summed E-state index contributed by atoms with van der Waals surface area (Å²) in [5.74, 6) is 0. The molecule has 0 bridgehead atoms. The molecular formula is C22H22F3NO4S. The van der Waals surface area contributed by atoms with Gasteiger partial charge in [-0.2, -0.15) is 13.2 Å². The van der Waals surface area contributed by atoms with Gasteiger partial charge < -0.3 is 14.8 Å². The molecule has 1 atom stereocenters. The van der Waals surface area contributed by atoms with Crippen molar-refractivity contribution in [2.45, 2.75) is 49.1 Å². The van der Waals surface area contributed by atoms with Crippen molar-refractivity contribution >= 4 is 20.7 Å². The Kier molecular flexibility index (Phi) is 5.39. The lowest BCUT2D eigenvalue weighted by molar-refractivity contribution is -0.138. The third-order valence-electron chi connectivity index (χ3n) is 5.90. The number of rotatable bonds is 4. The molecule has 2 N–H and O–H groups in total. The van der Waals surface area contributed by atoms with Crippen molar-refractivity contribution in [3.8, 4) is 0 Å². The van der Waals surface area contributed by atoms with Crippen LogP contribution in [-0.2, 0) is 28.9 Å². The van der Waals surface area contributed by atoms with Gasteiger partial charge in [0.25, 0.3) is 0 Å². The van der Waals surface area contributed by atoms with E-state index in [1.165, 1.54) is 12.1 Å². The van der Waals surface area contributed by atoms with Crippen molar-refractivity contribution < 1.29 is 31.8 Å². The second kappa shape index (κ2) is 7.65. The first kappa shape index (κ1) is 21.9. The van der Waals surface area contributed by atoms with Gasteiger partial charge in [-0.1, -0.05) is 24.3 Å². The number of aliphatic hydroxyl groups is 2. The summed E-state index contributed by atoms with van der Waals surface area (Å²) in [6, 6.07) is 9.77. The van der Waals surface area contributed by atoms with Crippen LogP contribution < -0.4 is 0 Å². The fraction of sp³-hybridized carbons (Fsp3) is 0.364. The van der Waals surface area contributed by atoms with Crippen molar-refractivity contribution in [1.29, 1.82) is 0 Å². The lowest BCUT2D eigenvalue weighted by Crippen LogP contribution is -2.28. The van der Waals surface area contributed by atoms with Crippen LogP contribution in [0.3, 0.4) is 0 Å². The number of aromatic nitrogens is 1. The average Bonchev–Trinajstić information content (AvgIpc) is 3.00. The SMILES string of the molecule is CS(=O)(=O)c1ccc(Cc2c3n(c4ccccc24)C(C(O)O)CCC3)c(C(F)(F)F)c1. The standard InChI is InChI=1S/C22H22F3NO4S/c1-31(29,30)14-10-9-13(17(12-14)22(23,24)25)11-16-15-5-2-3-6-18(15)26-19(16)7-4-8-20(26)21(27)28/h2-3,5-6,9-10,12,20-21,27-28H,4,7-8,11H2,1H3. The summed E-state index contributed by atoms with van der Waals surface area (Å²) in [6.45, 7) is 0. The summed E-state index contributed by atoms with van der Waals surface area (Å²) >= 11 is 0. The second-order valence-corrected chi connectivity index (χ2v) is 9.97. The molecule has 1 aliphatic rings. The fourth-order valence-electron chi connectivity index (χ4n) is 4.52. The second-order valence-electron chi connectivity index (χ2n) is 7.95. The summed E-state index contributed by atoms with van der Waals surface area (Å²) in [6.07, 6.45) is -3.62. The molecular weight excluding hydrogens is 431 g/mol. The summed E-state index contributed by atoms with van der Waals surface area (Å²) in [7, 11) is -3.79. The maximum Gasteiger partial charge on any atom is 0.416 e. The first-order valence-electron chi connectivity index (χ1n) is 9.85. The minimum Gasteiger partial charge on any atom is -0.366 e. The van der Waals surface area contributed by atoms with Gasteiger partial charge in [-0.3, -0.25) is 0 Å². The van der Waals surface area contributed by atoms with Crippen LogP contribution in [0.15, 0.2) is 47.4 Å². The molecule has 0 saturated heterocycles. The summed E-state index contributed by atoms with van der Waals surface area (Å²) < 4.78 is 66.8. The van der Waals surface area contributed by atoms with Crippen LogP contribution in [0.25, 0.3) is 10.9 Å². The maximum atomic E-state index is 13.8. The van der Waals surface area contributed by atoms with E-state index < -0.39 is 33.9 Å². The number of alkyl halides is 3. The maximum absolute atomic E-state index is 13.8. The Morgan fingerprint density at radius 3 is 2.52 bits per heavy atom. The molecule has 4 rings (SSSR count). The van der Waals surface area contributed by atoms with Crippen LogP contribution in [0.5, 0.6) is 0 Å².